The molecule has 0 bridgehead atoms. The quantitative estimate of drug-likeness (QED) is 0.626. The first-order valence-corrected chi connectivity index (χ1v) is 4.22. The summed E-state index contributed by atoms with van der Waals surface area (Å²) in [6, 6.07) is 0. The minimum atomic E-state index is 0.104. The third kappa shape index (κ3) is 1.41. The predicted octanol–water partition coefficient (Wildman–Crippen LogP) is 0.324. The fraction of sp³-hybridized carbons (Fsp3) is 0.625. The zero-order chi connectivity index (χ0) is 9.42. The Balaban J connectivity index is 1.97. The minimum absolute atomic E-state index is 0.104. The number of hydrogen-bond acceptors (Lipinski definition) is 4. The monoisotopic (exact) mass is 181 g/mol. The second kappa shape index (κ2) is 2.83. The number of amides is 1. The second-order valence-corrected chi connectivity index (χ2v) is 3.30. The van der Waals surface area contributed by atoms with Gasteiger partial charge in [0.1, 0.15) is 0 Å². The fourth-order valence-electron chi connectivity index (χ4n) is 1.37. The number of likely N-dealkylation sites (tertiary alicyclic amines) is 1. The molecular weight excluding hydrogens is 170 g/mol. The Morgan fingerprint density at radius 1 is 1.62 bits per heavy atom. The van der Waals surface area contributed by atoms with Crippen LogP contribution in [0.25, 0.3) is 0 Å². The summed E-state index contributed by atoms with van der Waals surface area (Å²) in [6.07, 6.45) is 0. The van der Waals surface area contributed by atoms with Crippen LogP contribution in [-0.4, -0.2) is 34.0 Å². The lowest BCUT2D eigenvalue weighted by Crippen LogP contribution is -2.47. The number of hydrogen-bond donors (Lipinski definition) is 0. The Kier molecular flexibility index (Phi) is 1.79. The van der Waals surface area contributed by atoms with Crippen LogP contribution in [0.15, 0.2) is 4.52 Å². The van der Waals surface area contributed by atoms with Crippen molar-refractivity contribution in [2.45, 2.75) is 19.8 Å². The Morgan fingerprint density at radius 2 is 2.31 bits per heavy atom. The average Bonchev–Trinajstić information content (AvgIpc) is 2.31. The minimum Gasteiger partial charge on any atom is -0.341 e. The summed E-state index contributed by atoms with van der Waals surface area (Å²) >= 11 is 0. The first kappa shape index (κ1) is 8.22. The molecule has 0 aliphatic carbocycles. The number of aryl methyl sites for hydroxylation is 1. The van der Waals surface area contributed by atoms with E-state index in [-0.39, 0.29) is 11.8 Å². The maximum absolute atomic E-state index is 10.9. The van der Waals surface area contributed by atoms with Gasteiger partial charge in [-0.15, -0.1) is 0 Å². The molecule has 0 spiro atoms. The lowest BCUT2D eigenvalue weighted by atomic mass is 10.0. The molecule has 0 atom stereocenters. The van der Waals surface area contributed by atoms with Crippen molar-refractivity contribution in [3.8, 4) is 0 Å². The summed E-state index contributed by atoms with van der Waals surface area (Å²) in [5.41, 5.74) is 0. The standard InChI is InChI=1S/C8H11N3O2/c1-5-9-8(13-10-5)7-3-11(4-7)6(2)12/h7H,3-4H2,1-2H3. The molecule has 1 amide bonds. The number of carbonyl (C=O) groups excluding carboxylic acids is 1. The van der Waals surface area contributed by atoms with Gasteiger partial charge >= 0.3 is 0 Å². The predicted molar refractivity (Wildman–Crippen MR) is 44.0 cm³/mol. The molecule has 0 unspecified atom stereocenters. The molecule has 0 saturated carbocycles. The van der Waals surface area contributed by atoms with Crippen LogP contribution in [0.3, 0.4) is 0 Å². The topological polar surface area (TPSA) is 59.2 Å². The van der Waals surface area contributed by atoms with Crippen molar-refractivity contribution in [3.63, 3.8) is 0 Å². The van der Waals surface area contributed by atoms with Gasteiger partial charge in [0.05, 0.1) is 5.92 Å². The number of carbonyl (C=O) groups is 1. The second-order valence-electron chi connectivity index (χ2n) is 3.30. The summed E-state index contributed by atoms with van der Waals surface area (Å²) in [6.45, 7) is 4.76. The maximum atomic E-state index is 10.9. The van der Waals surface area contributed by atoms with Gasteiger partial charge in [0.15, 0.2) is 5.82 Å². The summed E-state index contributed by atoms with van der Waals surface area (Å²) in [7, 11) is 0. The molecule has 13 heavy (non-hydrogen) atoms. The van der Waals surface area contributed by atoms with Gasteiger partial charge in [0, 0.05) is 20.0 Å². The van der Waals surface area contributed by atoms with Crippen LogP contribution in [0, 0.1) is 6.92 Å². The van der Waals surface area contributed by atoms with Crippen molar-refractivity contribution in [2.75, 3.05) is 13.1 Å². The van der Waals surface area contributed by atoms with Crippen LogP contribution in [0.4, 0.5) is 0 Å². The lowest BCUT2D eigenvalue weighted by molar-refractivity contribution is -0.133. The highest BCUT2D eigenvalue weighted by molar-refractivity contribution is 5.74. The van der Waals surface area contributed by atoms with E-state index in [2.05, 4.69) is 10.1 Å². The number of rotatable bonds is 1. The van der Waals surface area contributed by atoms with E-state index < -0.39 is 0 Å². The van der Waals surface area contributed by atoms with Crippen molar-refractivity contribution in [1.29, 1.82) is 0 Å². The third-order valence-corrected chi connectivity index (χ3v) is 2.22. The largest absolute Gasteiger partial charge is 0.341 e. The average molecular weight is 181 g/mol. The highest BCUT2D eigenvalue weighted by atomic mass is 16.5. The van der Waals surface area contributed by atoms with E-state index in [1.165, 1.54) is 0 Å². The van der Waals surface area contributed by atoms with E-state index in [1.54, 1.807) is 18.7 Å². The number of aromatic nitrogens is 2. The van der Waals surface area contributed by atoms with E-state index in [0.29, 0.717) is 24.8 Å². The normalized spacial score (nSPS) is 17.2. The molecule has 1 saturated heterocycles. The Morgan fingerprint density at radius 3 is 2.77 bits per heavy atom. The zero-order valence-corrected chi connectivity index (χ0v) is 7.65. The number of nitrogens with zero attached hydrogens (tertiary/aromatic N) is 3. The molecule has 1 aliphatic heterocycles. The van der Waals surface area contributed by atoms with Crippen LogP contribution in [0.2, 0.25) is 0 Å². The van der Waals surface area contributed by atoms with Gasteiger partial charge in [0.25, 0.3) is 0 Å². The molecule has 1 fully saturated rings. The van der Waals surface area contributed by atoms with Gasteiger partial charge < -0.3 is 9.42 Å². The van der Waals surface area contributed by atoms with Gasteiger partial charge in [-0.1, -0.05) is 5.16 Å². The Hall–Kier alpha value is -1.39. The molecule has 1 aromatic heterocycles. The van der Waals surface area contributed by atoms with Gasteiger partial charge in [-0.05, 0) is 6.92 Å². The maximum Gasteiger partial charge on any atom is 0.233 e. The molecule has 0 N–H and O–H groups in total. The van der Waals surface area contributed by atoms with E-state index >= 15 is 0 Å². The molecule has 2 rings (SSSR count). The summed E-state index contributed by atoms with van der Waals surface area (Å²) in [5, 5.41) is 3.70. The van der Waals surface area contributed by atoms with Crippen molar-refractivity contribution in [2.24, 2.45) is 0 Å². The molecule has 5 heteroatoms. The van der Waals surface area contributed by atoms with Gasteiger partial charge in [-0.2, -0.15) is 4.98 Å². The van der Waals surface area contributed by atoms with Gasteiger partial charge in [-0.3, -0.25) is 4.79 Å². The van der Waals surface area contributed by atoms with E-state index in [1.807, 2.05) is 0 Å². The molecular formula is C8H11N3O2. The highest BCUT2D eigenvalue weighted by Crippen LogP contribution is 2.25. The first-order chi connectivity index (χ1) is 6.16. The zero-order valence-electron chi connectivity index (χ0n) is 7.65. The highest BCUT2D eigenvalue weighted by Gasteiger charge is 2.33. The molecule has 5 nitrogen and oxygen atoms in total. The van der Waals surface area contributed by atoms with Crippen LogP contribution in [0.5, 0.6) is 0 Å². The third-order valence-electron chi connectivity index (χ3n) is 2.22. The summed E-state index contributed by atoms with van der Waals surface area (Å²) in [5.74, 6) is 1.64. The Labute approximate surface area is 75.7 Å². The van der Waals surface area contributed by atoms with Gasteiger partial charge in [0.2, 0.25) is 11.8 Å². The van der Waals surface area contributed by atoms with Crippen molar-refractivity contribution >= 4 is 5.91 Å². The molecule has 2 heterocycles. The van der Waals surface area contributed by atoms with Crippen LogP contribution in [0.1, 0.15) is 24.6 Å². The molecule has 1 aliphatic rings. The summed E-state index contributed by atoms with van der Waals surface area (Å²) < 4.78 is 5.00. The van der Waals surface area contributed by atoms with E-state index in [4.69, 9.17) is 4.52 Å². The summed E-state index contributed by atoms with van der Waals surface area (Å²) in [4.78, 5) is 16.7. The van der Waals surface area contributed by atoms with Crippen LogP contribution < -0.4 is 0 Å². The molecule has 1 aromatic rings. The lowest BCUT2D eigenvalue weighted by Gasteiger charge is -2.36. The molecule has 70 valence electrons. The molecule has 0 aromatic carbocycles. The van der Waals surface area contributed by atoms with Crippen molar-refractivity contribution < 1.29 is 9.32 Å². The van der Waals surface area contributed by atoms with Crippen molar-refractivity contribution in [1.82, 2.24) is 15.0 Å². The van der Waals surface area contributed by atoms with Crippen molar-refractivity contribution in [3.05, 3.63) is 11.7 Å². The van der Waals surface area contributed by atoms with Crippen LogP contribution >= 0.6 is 0 Å². The smallest absolute Gasteiger partial charge is 0.233 e. The SMILES string of the molecule is CC(=O)N1CC(c2nc(C)no2)C1. The van der Waals surface area contributed by atoms with E-state index in [0.717, 1.165) is 0 Å². The molecule has 0 radical (unpaired) electrons. The fourth-order valence-corrected chi connectivity index (χ4v) is 1.37. The van der Waals surface area contributed by atoms with Gasteiger partial charge in [-0.25, -0.2) is 0 Å². The van der Waals surface area contributed by atoms with Crippen LogP contribution in [-0.2, 0) is 4.79 Å². The van der Waals surface area contributed by atoms with E-state index in [9.17, 15) is 4.79 Å². The Bertz CT molecular complexity index is 328. The first-order valence-electron chi connectivity index (χ1n) is 4.22.